The minimum absolute atomic E-state index is 0.0308. The van der Waals surface area contributed by atoms with Crippen molar-refractivity contribution in [2.45, 2.75) is 18.9 Å². The Bertz CT molecular complexity index is 1250. The lowest BCUT2D eigenvalue weighted by Crippen LogP contribution is -2.27. The number of amides is 1. The Labute approximate surface area is 191 Å². The van der Waals surface area contributed by atoms with Crippen molar-refractivity contribution >= 4 is 38.4 Å². The van der Waals surface area contributed by atoms with E-state index in [1.165, 1.54) is 22.3 Å². The zero-order chi connectivity index (χ0) is 21.9. The Balaban J connectivity index is 1.40. The molecule has 5 rings (SSSR count). The number of hydrogen-bond acceptors (Lipinski definition) is 6. The third-order valence-electron chi connectivity index (χ3n) is 6.09. The summed E-state index contributed by atoms with van der Waals surface area (Å²) < 4.78 is 5.08. The molecule has 1 saturated heterocycles. The number of thiophene rings is 1. The molecule has 3 aromatic heterocycles. The predicted octanol–water partition coefficient (Wildman–Crippen LogP) is 4.21. The highest BCUT2D eigenvalue weighted by atomic mass is 32.1. The standard InChI is InChI=1S/C25H26N4O2S/c1-31-14-12-27-24(30)23-21(20-8-4-11-28-25(20)32-23)18-9-13-29(15-18)16-19-6-2-5-17-7-3-10-26-22(17)19/h2-8,10-11,18H,9,12-16H2,1H3,(H,27,30). The van der Waals surface area contributed by atoms with Crippen LogP contribution in [0, 0.1) is 0 Å². The Morgan fingerprint density at radius 2 is 2.03 bits per heavy atom. The van der Waals surface area contributed by atoms with Gasteiger partial charge in [-0.05, 0) is 36.2 Å². The minimum atomic E-state index is -0.0308. The SMILES string of the molecule is COCCNC(=O)c1sc2ncccc2c1C1CCN(Cc2cccc3cccnc23)C1. The molecule has 1 aromatic carbocycles. The smallest absolute Gasteiger partial charge is 0.261 e. The van der Waals surface area contributed by atoms with E-state index in [0.29, 0.717) is 19.1 Å². The molecular weight excluding hydrogens is 420 g/mol. The van der Waals surface area contributed by atoms with Crippen LogP contribution < -0.4 is 5.32 Å². The third kappa shape index (κ3) is 4.11. The highest BCUT2D eigenvalue weighted by Gasteiger charge is 2.31. The minimum Gasteiger partial charge on any atom is -0.383 e. The molecule has 32 heavy (non-hydrogen) atoms. The first-order valence-electron chi connectivity index (χ1n) is 10.9. The van der Waals surface area contributed by atoms with Crippen LogP contribution in [0.5, 0.6) is 0 Å². The molecule has 4 heterocycles. The molecule has 0 spiro atoms. The first kappa shape index (κ1) is 21.0. The van der Waals surface area contributed by atoms with Crippen LogP contribution >= 0.6 is 11.3 Å². The summed E-state index contributed by atoms with van der Waals surface area (Å²) >= 11 is 1.49. The second kappa shape index (κ2) is 9.32. The van der Waals surface area contributed by atoms with Crippen molar-refractivity contribution in [3.63, 3.8) is 0 Å². The summed E-state index contributed by atoms with van der Waals surface area (Å²) in [5.74, 6) is 0.274. The Morgan fingerprint density at radius 1 is 1.19 bits per heavy atom. The largest absolute Gasteiger partial charge is 0.383 e. The molecule has 0 radical (unpaired) electrons. The van der Waals surface area contributed by atoms with Gasteiger partial charge in [-0.2, -0.15) is 0 Å². The number of para-hydroxylation sites is 1. The third-order valence-corrected chi connectivity index (χ3v) is 7.22. The number of benzene rings is 1. The van der Waals surface area contributed by atoms with E-state index in [4.69, 9.17) is 4.74 Å². The zero-order valence-corrected chi connectivity index (χ0v) is 18.9. The quantitative estimate of drug-likeness (QED) is 0.431. The van der Waals surface area contributed by atoms with Crippen LogP contribution in [-0.4, -0.2) is 54.1 Å². The summed E-state index contributed by atoms with van der Waals surface area (Å²) in [6.45, 7) is 3.78. The van der Waals surface area contributed by atoms with Crippen LogP contribution in [0.3, 0.4) is 0 Å². The summed E-state index contributed by atoms with van der Waals surface area (Å²) in [6, 6.07) is 14.5. The van der Waals surface area contributed by atoms with Crippen LogP contribution in [0.25, 0.3) is 21.1 Å². The fourth-order valence-electron chi connectivity index (χ4n) is 4.62. The van der Waals surface area contributed by atoms with E-state index >= 15 is 0 Å². The van der Waals surface area contributed by atoms with Gasteiger partial charge in [0, 0.05) is 55.8 Å². The van der Waals surface area contributed by atoms with Crippen LogP contribution in [0.1, 0.15) is 33.1 Å². The van der Waals surface area contributed by atoms with Gasteiger partial charge >= 0.3 is 0 Å². The fourth-order valence-corrected chi connectivity index (χ4v) is 5.77. The van der Waals surface area contributed by atoms with Crippen LogP contribution in [-0.2, 0) is 11.3 Å². The molecule has 1 fully saturated rings. The fraction of sp³-hybridized carbons (Fsp3) is 0.320. The average molecular weight is 447 g/mol. The highest BCUT2D eigenvalue weighted by molar-refractivity contribution is 7.20. The molecule has 1 atom stereocenters. The van der Waals surface area contributed by atoms with Gasteiger partial charge in [0.15, 0.2) is 0 Å². The molecule has 4 aromatic rings. The zero-order valence-electron chi connectivity index (χ0n) is 18.1. The lowest BCUT2D eigenvalue weighted by molar-refractivity contribution is 0.0940. The van der Waals surface area contributed by atoms with Crippen molar-refractivity contribution < 1.29 is 9.53 Å². The van der Waals surface area contributed by atoms with Crippen LogP contribution in [0.4, 0.5) is 0 Å². The van der Waals surface area contributed by atoms with Gasteiger partial charge in [-0.15, -0.1) is 11.3 Å². The number of nitrogens with zero attached hydrogens (tertiary/aromatic N) is 3. The summed E-state index contributed by atoms with van der Waals surface area (Å²) in [5.41, 5.74) is 3.46. The van der Waals surface area contributed by atoms with Crippen molar-refractivity contribution in [3.8, 4) is 0 Å². The Hall–Kier alpha value is -2.87. The number of carbonyl (C=O) groups is 1. The van der Waals surface area contributed by atoms with E-state index in [1.807, 2.05) is 18.3 Å². The molecular formula is C25H26N4O2S. The highest BCUT2D eigenvalue weighted by Crippen LogP contribution is 2.39. The van der Waals surface area contributed by atoms with Crippen molar-refractivity contribution in [3.05, 3.63) is 70.9 Å². The maximum Gasteiger partial charge on any atom is 0.261 e. The van der Waals surface area contributed by atoms with E-state index in [0.717, 1.165) is 52.2 Å². The van der Waals surface area contributed by atoms with Crippen molar-refractivity contribution in [1.82, 2.24) is 20.2 Å². The molecule has 1 aliphatic rings. The molecule has 1 N–H and O–H groups in total. The average Bonchev–Trinajstić information content (AvgIpc) is 3.44. The lowest BCUT2D eigenvalue weighted by Gasteiger charge is -2.18. The second-order valence-electron chi connectivity index (χ2n) is 8.16. The number of rotatable bonds is 7. The van der Waals surface area contributed by atoms with Crippen molar-refractivity contribution in [1.29, 1.82) is 0 Å². The van der Waals surface area contributed by atoms with Gasteiger partial charge in [-0.25, -0.2) is 4.98 Å². The molecule has 7 heteroatoms. The van der Waals surface area contributed by atoms with Gasteiger partial charge in [0.25, 0.3) is 5.91 Å². The number of methoxy groups -OCH3 is 1. The first-order chi connectivity index (χ1) is 15.7. The number of ether oxygens (including phenoxy) is 1. The number of hydrogen-bond donors (Lipinski definition) is 1. The molecule has 0 saturated carbocycles. The summed E-state index contributed by atoms with van der Waals surface area (Å²) in [6.07, 6.45) is 4.68. The van der Waals surface area contributed by atoms with Gasteiger partial charge in [-0.1, -0.05) is 30.3 Å². The number of pyridine rings is 2. The summed E-state index contributed by atoms with van der Waals surface area (Å²) in [5, 5.41) is 5.27. The molecule has 6 nitrogen and oxygen atoms in total. The normalized spacial score (nSPS) is 16.7. The van der Waals surface area contributed by atoms with E-state index in [-0.39, 0.29) is 5.91 Å². The van der Waals surface area contributed by atoms with Crippen molar-refractivity contribution in [2.24, 2.45) is 0 Å². The topological polar surface area (TPSA) is 67.3 Å². The Kier molecular flexibility index (Phi) is 6.12. The van der Waals surface area contributed by atoms with Gasteiger partial charge in [0.1, 0.15) is 4.83 Å². The molecule has 1 amide bonds. The van der Waals surface area contributed by atoms with Gasteiger partial charge < -0.3 is 10.1 Å². The monoisotopic (exact) mass is 446 g/mol. The van der Waals surface area contributed by atoms with Crippen LogP contribution in [0.15, 0.2) is 54.9 Å². The van der Waals surface area contributed by atoms with E-state index in [1.54, 1.807) is 13.3 Å². The van der Waals surface area contributed by atoms with E-state index < -0.39 is 0 Å². The molecule has 164 valence electrons. The van der Waals surface area contributed by atoms with Gasteiger partial charge in [0.2, 0.25) is 0 Å². The Morgan fingerprint density at radius 3 is 2.94 bits per heavy atom. The number of carbonyl (C=O) groups excluding carboxylic acids is 1. The van der Waals surface area contributed by atoms with E-state index in [2.05, 4.69) is 50.5 Å². The summed E-state index contributed by atoms with van der Waals surface area (Å²) in [7, 11) is 1.64. The molecule has 0 bridgehead atoms. The number of likely N-dealkylation sites (tertiary alicyclic amines) is 1. The maximum absolute atomic E-state index is 13.0. The number of fused-ring (bicyclic) bond motifs is 2. The number of nitrogens with one attached hydrogen (secondary N) is 1. The summed E-state index contributed by atoms with van der Waals surface area (Å²) in [4.78, 5) is 26.3. The molecule has 1 aliphatic heterocycles. The van der Waals surface area contributed by atoms with Crippen LogP contribution in [0.2, 0.25) is 0 Å². The van der Waals surface area contributed by atoms with Crippen molar-refractivity contribution in [2.75, 3.05) is 33.4 Å². The van der Waals surface area contributed by atoms with E-state index in [9.17, 15) is 4.79 Å². The van der Waals surface area contributed by atoms with Gasteiger partial charge in [-0.3, -0.25) is 14.7 Å². The predicted molar refractivity (Wildman–Crippen MR) is 128 cm³/mol. The molecule has 0 aliphatic carbocycles. The number of aromatic nitrogens is 2. The maximum atomic E-state index is 13.0. The first-order valence-corrected chi connectivity index (χ1v) is 11.8. The lowest BCUT2D eigenvalue weighted by atomic mass is 9.95. The second-order valence-corrected chi connectivity index (χ2v) is 9.16. The van der Waals surface area contributed by atoms with Gasteiger partial charge in [0.05, 0.1) is 17.0 Å². The molecule has 1 unspecified atom stereocenters.